The van der Waals surface area contributed by atoms with E-state index in [-0.39, 0.29) is 0 Å². The molecule has 1 aromatic heterocycles. The number of benzene rings is 1. The van der Waals surface area contributed by atoms with Gasteiger partial charge in [-0.25, -0.2) is 9.97 Å². The second-order valence-electron chi connectivity index (χ2n) is 4.24. The lowest BCUT2D eigenvalue weighted by Gasteiger charge is -2.13. The van der Waals surface area contributed by atoms with Crippen LogP contribution in [-0.2, 0) is 0 Å². The van der Waals surface area contributed by atoms with Crippen molar-refractivity contribution in [3.8, 4) is 5.88 Å². The number of aliphatic hydroxyl groups excluding tert-OH is 1. The van der Waals surface area contributed by atoms with Gasteiger partial charge in [0.05, 0.1) is 12.7 Å². The van der Waals surface area contributed by atoms with E-state index in [1.54, 1.807) is 30.3 Å². The minimum Gasteiger partial charge on any atom is -0.478 e. The summed E-state index contributed by atoms with van der Waals surface area (Å²) in [6, 6.07) is 8.81. The molecule has 0 radical (unpaired) electrons. The first-order chi connectivity index (χ1) is 9.69. The molecule has 0 aliphatic carbocycles. The van der Waals surface area contributed by atoms with Crippen LogP contribution in [0.1, 0.15) is 18.6 Å². The molecule has 1 atom stereocenters. The number of hydrogen-bond donors (Lipinski definition) is 3. The number of ether oxygens (including phenoxy) is 1. The number of nitrogens with two attached hydrogens (primary N) is 1. The number of nitrogen functional groups attached to an aromatic ring is 1. The maximum absolute atomic E-state index is 10.1. The summed E-state index contributed by atoms with van der Waals surface area (Å²) in [5.41, 5.74) is 7.08. The van der Waals surface area contributed by atoms with Crippen molar-refractivity contribution in [1.29, 1.82) is 0 Å². The Bertz CT molecular complexity index is 545. The van der Waals surface area contributed by atoms with Crippen LogP contribution in [0.2, 0.25) is 0 Å². The normalized spacial score (nSPS) is 11.9. The summed E-state index contributed by atoms with van der Waals surface area (Å²) in [5.74, 6) is 1.12. The number of anilines is 2. The minimum atomic E-state index is -0.638. The second-order valence-corrected chi connectivity index (χ2v) is 4.24. The summed E-state index contributed by atoms with van der Waals surface area (Å²) in [6.07, 6.45) is 0.782. The molecule has 20 heavy (non-hydrogen) atoms. The maximum Gasteiger partial charge on any atom is 0.218 e. The number of aromatic nitrogens is 2. The zero-order valence-electron chi connectivity index (χ0n) is 11.3. The Morgan fingerprint density at radius 1 is 1.30 bits per heavy atom. The molecule has 0 spiro atoms. The van der Waals surface area contributed by atoms with E-state index in [1.165, 1.54) is 6.33 Å². The Kier molecular flexibility index (Phi) is 4.73. The molecule has 1 unspecified atom stereocenters. The topological polar surface area (TPSA) is 93.3 Å². The number of nitrogens with one attached hydrogen (secondary N) is 1. The predicted octanol–water partition coefficient (Wildman–Crippen LogP) is 1.60. The van der Waals surface area contributed by atoms with Gasteiger partial charge in [-0.2, -0.15) is 0 Å². The van der Waals surface area contributed by atoms with Crippen LogP contribution in [0.15, 0.2) is 36.7 Å². The average Bonchev–Trinajstić information content (AvgIpc) is 2.46. The highest BCUT2D eigenvalue weighted by Crippen LogP contribution is 2.16. The number of rotatable bonds is 6. The number of hydrogen-bond acceptors (Lipinski definition) is 6. The Labute approximate surface area is 117 Å². The van der Waals surface area contributed by atoms with Crippen molar-refractivity contribution >= 4 is 11.5 Å². The van der Waals surface area contributed by atoms with E-state index in [0.29, 0.717) is 30.5 Å². The van der Waals surface area contributed by atoms with Crippen molar-refractivity contribution in [3.63, 3.8) is 0 Å². The SMILES string of the molecule is CCOc1cc(NCC(O)c2ccc(N)cc2)ncn1. The molecule has 1 aromatic carbocycles. The summed E-state index contributed by atoms with van der Waals surface area (Å²) in [4.78, 5) is 8.04. The third-order valence-corrected chi connectivity index (χ3v) is 2.73. The highest BCUT2D eigenvalue weighted by molar-refractivity contribution is 5.41. The van der Waals surface area contributed by atoms with Crippen LogP contribution in [0, 0.1) is 0 Å². The molecule has 2 rings (SSSR count). The van der Waals surface area contributed by atoms with Gasteiger partial charge < -0.3 is 20.9 Å². The predicted molar refractivity (Wildman–Crippen MR) is 77.5 cm³/mol. The highest BCUT2D eigenvalue weighted by atomic mass is 16.5. The van der Waals surface area contributed by atoms with E-state index >= 15 is 0 Å². The van der Waals surface area contributed by atoms with Crippen LogP contribution >= 0.6 is 0 Å². The summed E-state index contributed by atoms with van der Waals surface area (Å²) in [7, 11) is 0. The average molecular weight is 274 g/mol. The molecule has 6 heteroatoms. The summed E-state index contributed by atoms with van der Waals surface area (Å²) in [6.45, 7) is 2.77. The van der Waals surface area contributed by atoms with Gasteiger partial charge in [-0.1, -0.05) is 12.1 Å². The maximum atomic E-state index is 10.1. The standard InChI is InChI=1S/C14H18N4O2/c1-2-20-14-7-13(17-9-18-14)16-8-12(19)10-3-5-11(15)6-4-10/h3-7,9,12,19H,2,8,15H2,1H3,(H,16,17,18). The molecular formula is C14H18N4O2. The molecule has 0 fully saturated rings. The van der Waals surface area contributed by atoms with E-state index in [2.05, 4.69) is 15.3 Å². The van der Waals surface area contributed by atoms with E-state index in [9.17, 15) is 5.11 Å². The van der Waals surface area contributed by atoms with Gasteiger partial charge in [-0.3, -0.25) is 0 Å². The van der Waals surface area contributed by atoms with Crippen molar-refractivity contribution in [2.75, 3.05) is 24.2 Å². The van der Waals surface area contributed by atoms with Gasteiger partial charge in [0, 0.05) is 18.3 Å². The fourth-order valence-corrected chi connectivity index (χ4v) is 1.70. The van der Waals surface area contributed by atoms with Gasteiger partial charge in [-0.05, 0) is 24.6 Å². The van der Waals surface area contributed by atoms with Gasteiger partial charge in [-0.15, -0.1) is 0 Å². The van der Waals surface area contributed by atoms with Gasteiger partial charge in [0.15, 0.2) is 0 Å². The van der Waals surface area contributed by atoms with Gasteiger partial charge in [0.2, 0.25) is 5.88 Å². The van der Waals surface area contributed by atoms with Crippen molar-refractivity contribution in [2.24, 2.45) is 0 Å². The van der Waals surface area contributed by atoms with E-state index in [4.69, 9.17) is 10.5 Å². The molecule has 4 N–H and O–H groups in total. The summed E-state index contributed by atoms with van der Waals surface area (Å²) in [5, 5.41) is 13.1. The molecule has 0 aliphatic rings. The molecule has 0 saturated carbocycles. The van der Waals surface area contributed by atoms with E-state index in [0.717, 1.165) is 5.56 Å². The van der Waals surface area contributed by atoms with E-state index < -0.39 is 6.10 Å². The molecule has 1 heterocycles. The Morgan fingerprint density at radius 3 is 2.75 bits per heavy atom. The van der Waals surface area contributed by atoms with Crippen LogP contribution in [0.25, 0.3) is 0 Å². The molecule has 0 amide bonds. The van der Waals surface area contributed by atoms with Crippen LogP contribution in [0.5, 0.6) is 5.88 Å². The van der Waals surface area contributed by atoms with Crippen LogP contribution < -0.4 is 15.8 Å². The molecule has 2 aromatic rings. The van der Waals surface area contributed by atoms with Crippen LogP contribution in [0.4, 0.5) is 11.5 Å². The lowest BCUT2D eigenvalue weighted by molar-refractivity contribution is 0.191. The largest absolute Gasteiger partial charge is 0.478 e. The lowest BCUT2D eigenvalue weighted by Crippen LogP contribution is -2.13. The first kappa shape index (κ1) is 14.1. The zero-order valence-corrected chi connectivity index (χ0v) is 11.3. The molecule has 0 aliphatic heterocycles. The summed E-state index contributed by atoms with van der Waals surface area (Å²) < 4.78 is 5.28. The van der Waals surface area contributed by atoms with Crippen molar-refractivity contribution in [3.05, 3.63) is 42.2 Å². The second kappa shape index (κ2) is 6.72. The van der Waals surface area contributed by atoms with Crippen LogP contribution in [0.3, 0.4) is 0 Å². The van der Waals surface area contributed by atoms with Crippen molar-refractivity contribution < 1.29 is 9.84 Å². The Balaban J connectivity index is 1.94. The first-order valence-corrected chi connectivity index (χ1v) is 6.41. The van der Waals surface area contributed by atoms with Gasteiger partial charge in [0.25, 0.3) is 0 Å². The molecular weight excluding hydrogens is 256 g/mol. The first-order valence-electron chi connectivity index (χ1n) is 6.41. The Morgan fingerprint density at radius 2 is 2.05 bits per heavy atom. The monoisotopic (exact) mass is 274 g/mol. The van der Waals surface area contributed by atoms with Crippen LogP contribution in [-0.4, -0.2) is 28.2 Å². The minimum absolute atomic E-state index is 0.340. The fraction of sp³-hybridized carbons (Fsp3) is 0.286. The lowest BCUT2D eigenvalue weighted by atomic mass is 10.1. The molecule has 0 saturated heterocycles. The number of nitrogens with zero attached hydrogens (tertiary/aromatic N) is 2. The fourth-order valence-electron chi connectivity index (χ4n) is 1.70. The smallest absolute Gasteiger partial charge is 0.218 e. The molecule has 6 nitrogen and oxygen atoms in total. The highest BCUT2D eigenvalue weighted by Gasteiger charge is 2.08. The summed E-state index contributed by atoms with van der Waals surface area (Å²) >= 11 is 0. The molecule has 106 valence electrons. The van der Waals surface area contributed by atoms with Crippen molar-refractivity contribution in [1.82, 2.24) is 9.97 Å². The van der Waals surface area contributed by atoms with Gasteiger partial charge in [0.1, 0.15) is 12.1 Å². The zero-order chi connectivity index (χ0) is 14.4. The Hall–Kier alpha value is -2.34. The third-order valence-electron chi connectivity index (χ3n) is 2.73. The molecule has 0 bridgehead atoms. The number of aliphatic hydroxyl groups is 1. The quantitative estimate of drug-likeness (QED) is 0.693. The van der Waals surface area contributed by atoms with Crippen molar-refractivity contribution in [2.45, 2.75) is 13.0 Å². The van der Waals surface area contributed by atoms with E-state index in [1.807, 2.05) is 6.92 Å². The van der Waals surface area contributed by atoms with Gasteiger partial charge >= 0.3 is 0 Å². The third kappa shape index (κ3) is 3.83.